The van der Waals surface area contributed by atoms with Crippen LogP contribution >= 0.6 is 11.6 Å². The van der Waals surface area contributed by atoms with Gasteiger partial charge in [0.2, 0.25) is 0 Å². The van der Waals surface area contributed by atoms with E-state index in [1.54, 1.807) is 19.1 Å². The van der Waals surface area contributed by atoms with Crippen molar-refractivity contribution in [3.63, 3.8) is 0 Å². The van der Waals surface area contributed by atoms with Gasteiger partial charge in [-0.1, -0.05) is 29.7 Å². The number of benzene rings is 3. The predicted molar refractivity (Wildman–Crippen MR) is 136 cm³/mol. The van der Waals surface area contributed by atoms with Crippen LogP contribution in [0.1, 0.15) is 51.5 Å². The van der Waals surface area contributed by atoms with Crippen LogP contribution in [-0.4, -0.2) is 17.8 Å². The topological polar surface area (TPSA) is 74.5 Å². The minimum absolute atomic E-state index is 0.0120. The molecule has 0 saturated carbocycles. The summed E-state index contributed by atoms with van der Waals surface area (Å²) in [6.07, 6.45) is -10.9. The van der Waals surface area contributed by atoms with Gasteiger partial charge >= 0.3 is 12.4 Å². The Morgan fingerprint density at radius 2 is 1.76 bits per heavy atom. The Labute approximate surface area is 234 Å². The molecule has 0 radical (unpaired) electrons. The van der Waals surface area contributed by atoms with E-state index < -0.39 is 58.2 Å². The first kappa shape index (κ1) is 29.9. The fourth-order valence-electron chi connectivity index (χ4n) is 4.60. The van der Waals surface area contributed by atoms with E-state index in [9.17, 15) is 35.5 Å². The molecule has 2 atom stereocenters. The predicted octanol–water partition coefficient (Wildman–Crippen LogP) is 8.15. The summed E-state index contributed by atoms with van der Waals surface area (Å²) >= 11 is 5.57. The molecule has 1 amide bonds. The van der Waals surface area contributed by atoms with Gasteiger partial charge < -0.3 is 10.2 Å². The minimum Gasteiger partial charge on any atom is -0.374 e. The Morgan fingerprint density at radius 3 is 2.29 bits per heavy atom. The number of hydrogen-bond acceptors (Lipinski definition) is 4. The molecule has 0 bridgehead atoms. The molecule has 1 unspecified atom stereocenters. The molecule has 3 aromatic rings. The molecular weight excluding hydrogens is 579 g/mol. The van der Waals surface area contributed by atoms with Crippen LogP contribution in [0.3, 0.4) is 0 Å². The average Bonchev–Trinajstić information content (AvgIpc) is 2.89. The highest BCUT2D eigenvalue weighted by atomic mass is 35.5. The van der Waals surface area contributed by atoms with E-state index in [1.165, 1.54) is 30.3 Å². The van der Waals surface area contributed by atoms with E-state index in [-0.39, 0.29) is 23.4 Å². The van der Waals surface area contributed by atoms with E-state index in [1.807, 2.05) is 6.07 Å². The molecule has 0 aromatic heterocycles. The van der Waals surface area contributed by atoms with Gasteiger partial charge in [0, 0.05) is 29.2 Å². The fourth-order valence-corrected chi connectivity index (χ4v) is 4.82. The molecule has 214 valence electrons. The standard InChI is InChI=1S/C28H19ClF7N3O2/c1-14-9-17(5-8-20(14)25(40)38-19-6-3-16(13-37)4-7-19)23-10-15(2)26(41-39-23,28(34,35)36)21-11-18(27(31,32)33)12-22(29)24(21)30/h3-9,11-12,15H,10H2,1-2H3,(H,38,40)/t15?,26-/m1/s1. The van der Waals surface area contributed by atoms with Crippen molar-refractivity contribution in [1.82, 2.24) is 0 Å². The molecule has 41 heavy (non-hydrogen) atoms. The molecule has 4 rings (SSSR count). The van der Waals surface area contributed by atoms with Crippen molar-refractivity contribution in [3.05, 3.63) is 98.8 Å². The van der Waals surface area contributed by atoms with Gasteiger partial charge in [0.25, 0.3) is 11.5 Å². The van der Waals surface area contributed by atoms with Crippen LogP contribution in [0.4, 0.5) is 36.4 Å². The van der Waals surface area contributed by atoms with Gasteiger partial charge in [-0.05, 0) is 66.6 Å². The Bertz CT molecular complexity index is 1580. The molecule has 0 saturated heterocycles. The zero-order valence-electron chi connectivity index (χ0n) is 21.2. The molecule has 0 spiro atoms. The van der Waals surface area contributed by atoms with Crippen LogP contribution < -0.4 is 5.32 Å². The average molecular weight is 598 g/mol. The van der Waals surface area contributed by atoms with Crippen LogP contribution in [-0.2, 0) is 16.6 Å². The van der Waals surface area contributed by atoms with Crippen molar-refractivity contribution >= 4 is 28.9 Å². The zero-order chi connectivity index (χ0) is 30.3. The first-order valence-corrected chi connectivity index (χ1v) is 12.3. The van der Waals surface area contributed by atoms with E-state index in [2.05, 4.69) is 10.5 Å². The summed E-state index contributed by atoms with van der Waals surface area (Å²) < 4.78 is 98.4. The summed E-state index contributed by atoms with van der Waals surface area (Å²) in [7, 11) is 0. The maximum atomic E-state index is 14.9. The number of nitrogens with zero attached hydrogens (tertiary/aromatic N) is 2. The number of nitriles is 1. The quantitative estimate of drug-likeness (QED) is 0.309. The molecule has 0 fully saturated rings. The molecule has 1 aliphatic heterocycles. The second-order valence-corrected chi connectivity index (χ2v) is 9.87. The summed E-state index contributed by atoms with van der Waals surface area (Å²) in [5.74, 6) is -3.82. The largest absolute Gasteiger partial charge is 0.435 e. The maximum Gasteiger partial charge on any atom is 0.435 e. The number of aryl methyl sites for hydroxylation is 1. The summed E-state index contributed by atoms with van der Waals surface area (Å²) in [6, 6.07) is 12.7. The van der Waals surface area contributed by atoms with Crippen molar-refractivity contribution in [3.8, 4) is 6.07 Å². The number of oxime groups is 1. The monoisotopic (exact) mass is 597 g/mol. The van der Waals surface area contributed by atoms with E-state index in [4.69, 9.17) is 21.7 Å². The summed E-state index contributed by atoms with van der Waals surface area (Å²) in [6.45, 7) is 2.65. The first-order valence-electron chi connectivity index (χ1n) is 11.9. The molecule has 1 aliphatic rings. The summed E-state index contributed by atoms with van der Waals surface area (Å²) in [5, 5.41) is 14.0. The lowest BCUT2D eigenvalue weighted by Gasteiger charge is -2.41. The van der Waals surface area contributed by atoms with Gasteiger partial charge in [-0.25, -0.2) is 4.39 Å². The van der Waals surface area contributed by atoms with Crippen molar-refractivity contribution in [2.45, 2.75) is 38.2 Å². The van der Waals surface area contributed by atoms with E-state index >= 15 is 0 Å². The maximum absolute atomic E-state index is 14.9. The number of carbonyl (C=O) groups is 1. The lowest BCUT2D eigenvalue weighted by molar-refractivity contribution is -0.308. The number of nitrogens with one attached hydrogen (secondary N) is 1. The molecule has 0 aliphatic carbocycles. The van der Waals surface area contributed by atoms with Gasteiger partial charge in [0.15, 0.2) is 0 Å². The second-order valence-electron chi connectivity index (χ2n) is 9.46. The van der Waals surface area contributed by atoms with Gasteiger partial charge in [0.1, 0.15) is 5.82 Å². The number of alkyl halides is 6. The molecule has 3 aromatic carbocycles. The SMILES string of the molecule is Cc1cc(C2=NO[C@](c3cc(C(F)(F)F)cc(Cl)c3F)(C(F)(F)F)C(C)C2)ccc1C(=O)Nc1ccc(C#N)cc1. The van der Waals surface area contributed by atoms with Gasteiger partial charge in [0.05, 0.1) is 27.9 Å². The molecule has 5 nitrogen and oxygen atoms in total. The molecule has 13 heteroatoms. The van der Waals surface area contributed by atoms with Gasteiger partial charge in [-0.3, -0.25) is 4.79 Å². The van der Waals surface area contributed by atoms with Crippen molar-refractivity contribution < 1.29 is 40.4 Å². The zero-order valence-corrected chi connectivity index (χ0v) is 22.0. The first-order chi connectivity index (χ1) is 19.1. The Kier molecular flexibility index (Phi) is 7.80. The number of hydrogen-bond donors (Lipinski definition) is 1. The normalized spacial score (nSPS) is 19.1. The smallest absolute Gasteiger partial charge is 0.374 e. The van der Waals surface area contributed by atoms with Crippen LogP contribution in [0.5, 0.6) is 0 Å². The van der Waals surface area contributed by atoms with Gasteiger partial charge in [-0.15, -0.1) is 0 Å². The van der Waals surface area contributed by atoms with Gasteiger partial charge in [-0.2, -0.15) is 31.6 Å². The number of rotatable bonds is 4. The number of amides is 1. The highest BCUT2D eigenvalue weighted by molar-refractivity contribution is 6.30. The lowest BCUT2D eigenvalue weighted by Crippen LogP contribution is -2.52. The Balaban J connectivity index is 1.67. The highest BCUT2D eigenvalue weighted by Crippen LogP contribution is 2.53. The summed E-state index contributed by atoms with van der Waals surface area (Å²) in [4.78, 5) is 17.7. The molecule has 1 heterocycles. The third kappa shape index (κ3) is 5.59. The van der Waals surface area contributed by atoms with Crippen LogP contribution in [0.15, 0.2) is 59.8 Å². The molecule has 1 N–H and O–H groups in total. The van der Waals surface area contributed by atoms with Crippen LogP contribution in [0.25, 0.3) is 0 Å². The van der Waals surface area contributed by atoms with Crippen molar-refractivity contribution in [2.24, 2.45) is 11.1 Å². The third-order valence-electron chi connectivity index (χ3n) is 6.75. The fraction of sp³-hybridized carbons (Fsp3) is 0.250. The minimum atomic E-state index is -5.38. The number of halogens is 8. The Morgan fingerprint density at radius 1 is 1.10 bits per heavy atom. The highest BCUT2D eigenvalue weighted by Gasteiger charge is 2.65. The molecular formula is C28H19ClF7N3O2. The Hall–Kier alpha value is -4.11. The summed E-state index contributed by atoms with van der Waals surface area (Å²) in [5.41, 5.74) is -4.73. The van der Waals surface area contributed by atoms with Crippen molar-refractivity contribution in [1.29, 1.82) is 5.26 Å². The van der Waals surface area contributed by atoms with Crippen LogP contribution in [0, 0.1) is 30.0 Å². The lowest BCUT2D eigenvalue weighted by atomic mass is 9.76. The third-order valence-corrected chi connectivity index (χ3v) is 7.02. The number of carbonyl (C=O) groups excluding carboxylic acids is 1. The van der Waals surface area contributed by atoms with Crippen LogP contribution in [0.2, 0.25) is 5.02 Å². The number of anilines is 1. The second kappa shape index (κ2) is 10.7. The van der Waals surface area contributed by atoms with Crippen molar-refractivity contribution in [2.75, 3.05) is 5.32 Å². The van der Waals surface area contributed by atoms with E-state index in [0.29, 0.717) is 22.4 Å². The van der Waals surface area contributed by atoms with E-state index in [0.717, 1.165) is 6.92 Å².